The van der Waals surface area contributed by atoms with E-state index >= 15 is 0 Å². The summed E-state index contributed by atoms with van der Waals surface area (Å²) in [5, 5.41) is 15.2. The minimum Gasteiger partial charge on any atom is -0.463 e. The summed E-state index contributed by atoms with van der Waals surface area (Å²) >= 11 is 0. The zero-order chi connectivity index (χ0) is 23.7. The Morgan fingerprint density at radius 1 is 0.971 bits per heavy atom. The predicted octanol–water partition coefficient (Wildman–Crippen LogP) is 5.53. The second-order valence-corrected chi connectivity index (χ2v) is 9.06. The summed E-state index contributed by atoms with van der Waals surface area (Å²) in [4.78, 5) is 13.5. The fourth-order valence-electron chi connectivity index (χ4n) is 5.50. The molecular formula is C30H29NO3. The molecule has 2 aliphatic rings. The number of carbonyl (C=O) groups excluding carboxylic acids is 1. The standard InChI is InChI=1S/C30H29NO3/c1-3-34-29(33)26-25(31-19-20-12-6-4-7-13-20)18-24-22-16-10-11-17-23(22)28(32)30(24,2)27(26)21-14-8-5-9-15-21/h4-18,27-28,31-32H,3,19H2,1-2H3. The van der Waals surface area contributed by atoms with Crippen molar-refractivity contribution in [3.8, 4) is 0 Å². The summed E-state index contributed by atoms with van der Waals surface area (Å²) < 4.78 is 5.57. The molecule has 0 saturated heterocycles. The lowest BCUT2D eigenvalue weighted by molar-refractivity contribution is -0.139. The van der Waals surface area contributed by atoms with Crippen LogP contribution < -0.4 is 5.32 Å². The lowest BCUT2D eigenvalue weighted by atomic mass is 9.61. The number of nitrogens with one attached hydrogen (secondary N) is 1. The van der Waals surface area contributed by atoms with Gasteiger partial charge in [0.1, 0.15) is 0 Å². The summed E-state index contributed by atoms with van der Waals surface area (Å²) in [5.74, 6) is -0.736. The number of benzene rings is 3. The van der Waals surface area contributed by atoms with E-state index in [4.69, 9.17) is 4.74 Å². The van der Waals surface area contributed by atoms with Gasteiger partial charge in [0.15, 0.2) is 0 Å². The largest absolute Gasteiger partial charge is 0.463 e. The van der Waals surface area contributed by atoms with Crippen molar-refractivity contribution in [2.75, 3.05) is 6.61 Å². The maximum absolute atomic E-state index is 13.5. The van der Waals surface area contributed by atoms with Crippen LogP contribution in [0, 0.1) is 5.41 Å². The molecule has 4 nitrogen and oxygen atoms in total. The molecule has 5 rings (SSSR count). The second kappa shape index (κ2) is 8.96. The van der Waals surface area contributed by atoms with E-state index in [-0.39, 0.29) is 18.5 Å². The van der Waals surface area contributed by atoms with Gasteiger partial charge in [-0.15, -0.1) is 0 Å². The summed E-state index contributed by atoms with van der Waals surface area (Å²) in [6.07, 6.45) is 1.30. The maximum Gasteiger partial charge on any atom is 0.336 e. The molecule has 3 unspecified atom stereocenters. The number of fused-ring (bicyclic) bond motifs is 3. The Balaban J connectivity index is 1.72. The number of esters is 1. The monoisotopic (exact) mass is 451 g/mol. The summed E-state index contributed by atoms with van der Waals surface area (Å²) in [7, 11) is 0. The van der Waals surface area contributed by atoms with Crippen LogP contribution in [-0.4, -0.2) is 17.7 Å². The Kier molecular flexibility index (Phi) is 5.84. The third-order valence-electron chi connectivity index (χ3n) is 7.12. The number of hydrogen-bond donors (Lipinski definition) is 2. The molecule has 3 atom stereocenters. The molecule has 34 heavy (non-hydrogen) atoms. The minimum absolute atomic E-state index is 0.284. The fourth-order valence-corrected chi connectivity index (χ4v) is 5.50. The quantitative estimate of drug-likeness (QED) is 0.484. The Morgan fingerprint density at radius 3 is 2.32 bits per heavy atom. The first-order valence-corrected chi connectivity index (χ1v) is 11.8. The lowest BCUT2D eigenvalue weighted by Crippen LogP contribution is -2.38. The van der Waals surface area contributed by atoms with Crippen LogP contribution in [0.1, 0.15) is 48.1 Å². The molecule has 2 N–H and O–H groups in total. The zero-order valence-electron chi connectivity index (χ0n) is 19.5. The van der Waals surface area contributed by atoms with Gasteiger partial charge in [0.2, 0.25) is 0 Å². The number of ether oxygens (including phenoxy) is 1. The van der Waals surface area contributed by atoms with Crippen LogP contribution in [0.5, 0.6) is 0 Å². The molecule has 0 saturated carbocycles. The number of aliphatic hydroxyl groups excluding tert-OH is 1. The van der Waals surface area contributed by atoms with Gasteiger partial charge in [-0.3, -0.25) is 0 Å². The first-order chi connectivity index (χ1) is 16.6. The van der Waals surface area contributed by atoms with Crippen molar-refractivity contribution in [3.05, 3.63) is 125 Å². The molecule has 0 aromatic heterocycles. The van der Waals surface area contributed by atoms with Crippen molar-refractivity contribution in [2.24, 2.45) is 5.41 Å². The Bertz CT molecular complexity index is 1260. The van der Waals surface area contributed by atoms with Gasteiger partial charge in [0.25, 0.3) is 0 Å². The van der Waals surface area contributed by atoms with E-state index in [9.17, 15) is 9.90 Å². The highest BCUT2D eigenvalue weighted by Crippen LogP contribution is 2.64. The first-order valence-electron chi connectivity index (χ1n) is 11.8. The van der Waals surface area contributed by atoms with Gasteiger partial charge in [-0.1, -0.05) is 91.9 Å². The van der Waals surface area contributed by atoms with Crippen LogP contribution >= 0.6 is 0 Å². The first kappa shape index (κ1) is 22.2. The van der Waals surface area contributed by atoms with Crippen molar-refractivity contribution in [2.45, 2.75) is 32.4 Å². The topological polar surface area (TPSA) is 58.6 Å². The molecule has 0 aliphatic heterocycles. The Hall–Kier alpha value is -3.63. The molecular weight excluding hydrogens is 422 g/mol. The number of aliphatic hydroxyl groups is 1. The molecule has 2 aliphatic carbocycles. The van der Waals surface area contributed by atoms with Crippen LogP contribution in [0.4, 0.5) is 0 Å². The van der Waals surface area contributed by atoms with E-state index in [2.05, 4.69) is 30.4 Å². The second-order valence-electron chi connectivity index (χ2n) is 9.06. The van der Waals surface area contributed by atoms with Gasteiger partial charge in [0, 0.05) is 23.6 Å². The van der Waals surface area contributed by atoms with Gasteiger partial charge in [-0.25, -0.2) is 4.79 Å². The van der Waals surface area contributed by atoms with E-state index in [0.29, 0.717) is 12.1 Å². The molecule has 4 heteroatoms. The van der Waals surface area contributed by atoms with Gasteiger partial charge in [-0.05, 0) is 40.8 Å². The summed E-state index contributed by atoms with van der Waals surface area (Å²) in [6, 6.07) is 28.1. The van der Waals surface area contributed by atoms with Crippen LogP contribution in [-0.2, 0) is 16.1 Å². The van der Waals surface area contributed by atoms with E-state index < -0.39 is 11.5 Å². The van der Waals surface area contributed by atoms with Crippen LogP contribution in [0.25, 0.3) is 5.57 Å². The number of allylic oxidation sites excluding steroid dienone is 1. The molecule has 0 fully saturated rings. The molecule has 3 aromatic rings. The van der Waals surface area contributed by atoms with E-state index in [0.717, 1.165) is 33.5 Å². The third kappa shape index (κ3) is 3.55. The highest BCUT2D eigenvalue weighted by molar-refractivity contribution is 5.96. The van der Waals surface area contributed by atoms with Crippen molar-refractivity contribution in [1.82, 2.24) is 5.32 Å². The molecule has 0 amide bonds. The molecule has 0 heterocycles. The predicted molar refractivity (Wildman–Crippen MR) is 134 cm³/mol. The lowest BCUT2D eigenvalue weighted by Gasteiger charge is -2.43. The zero-order valence-corrected chi connectivity index (χ0v) is 19.5. The highest BCUT2D eigenvalue weighted by atomic mass is 16.5. The normalized spacial score (nSPS) is 23.1. The summed E-state index contributed by atoms with van der Waals surface area (Å²) in [5.41, 5.74) is 5.63. The maximum atomic E-state index is 13.5. The average Bonchev–Trinajstić information content (AvgIpc) is 3.10. The Morgan fingerprint density at radius 2 is 1.62 bits per heavy atom. The van der Waals surface area contributed by atoms with Crippen LogP contribution in [0.3, 0.4) is 0 Å². The third-order valence-corrected chi connectivity index (χ3v) is 7.12. The van der Waals surface area contributed by atoms with E-state index in [1.165, 1.54) is 0 Å². The highest BCUT2D eigenvalue weighted by Gasteiger charge is 2.55. The molecule has 0 bridgehead atoms. The average molecular weight is 452 g/mol. The Labute approximate surface area is 200 Å². The number of hydrogen-bond acceptors (Lipinski definition) is 4. The fraction of sp³-hybridized carbons (Fsp3) is 0.233. The van der Waals surface area contributed by atoms with Gasteiger partial charge < -0.3 is 15.2 Å². The van der Waals surface area contributed by atoms with Crippen molar-refractivity contribution < 1.29 is 14.6 Å². The molecule has 3 aromatic carbocycles. The number of carbonyl (C=O) groups is 1. The smallest absolute Gasteiger partial charge is 0.336 e. The molecule has 172 valence electrons. The van der Waals surface area contributed by atoms with Crippen molar-refractivity contribution in [1.29, 1.82) is 0 Å². The number of rotatable bonds is 6. The summed E-state index contributed by atoms with van der Waals surface area (Å²) in [6.45, 7) is 4.74. The van der Waals surface area contributed by atoms with E-state index in [1.807, 2.05) is 79.7 Å². The van der Waals surface area contributed by atoms with Gasteiger partial charge in [-0.2, -0.15) is 0 Å². The van der Waals surface area contributed by atoms with Crippen LogP contribution in [0.15, 0.2) is 102 Å². The van der Waals surface area contributed by atoms with Crippen molar-refractivity contribution >= 4 is 11.5 Å². The van der Waals surface area contributed by atoms with Gasteiger partial charge >= 0.3 is 5.97 Å². The minimum atomic E-state index is -0.750. The SMILES string of the molecule is CCOC(=O)C1=C(NCc2ccccc2)C=C2c3ccccc3C(O)C2(C)C1c1ccccc1. The van der Waals surface area contributed by atoms with Crippen LogP contribution in [0.2, 0.25) is 0 Å². The van der Waals surface area contributed by atoms with Crippen molar-refractivity contribution in [3.63, 3.8) is 0 Å². The van der Waals surface area contributed by atoms with E-state index in [1.54, 1.807) is 0 Å². The van der Waals surface area contributed by atoms with Gasteiger partial charge in [0.05, 0.1) is 18.3 Å². The molecule has 0 spiro atoms. The molecule has 0 radical (unpaired) electrons.